The van der Waals surface area contributed by atoms with Gasteiger partial charge in [-0.25, -0.2) is 0 Å². The number of nitro groups is 1. The molecule has 0 aliphatic heterocycles. The molecule has 0 aliphatic carbocycles. The van der Waals surface area contributed by atoms with Gasteiger partial charge in [0.15, 0.2) is 0 Å². The zero-order chi connectivity index (χ0) is 21.7. The monoisotopic (exact) mass is 396 g/mol. The third-order valence-electron chi connectivity index (χ3n) is 3.96. The Hall–Kier alpha value is -2.50. The Balaban J connectivity index is 2.82. The molecular formula is C17H25BN2O8. The van der Waals surface area contributed by atoms with Crippen molar-refractivity contribution in [2.75, 3.05) is 6.61 Å². The molecule has 154 valence electrons. The highest BCUT2D eigenvalue weighted by Gasteiger charge is 2.27. The average Bonchev–Trinajstić information content (AvgIpc) is 2.51. The van der Waals surface area contributed by atoms with Gasteiger partial charge < -0.3 is 25.2 Å². The van der Waals surface area contributed by atoms with Crippen LogP contribution < -0.4 is 10.8 Å². The third kappa shape index (κ3) is 7.63. The van der Waals surface area contributed by atoms with Crippen LogP contribution in [0.2, 0.25) is 0 Å². The van der Waals surface area contributed by atoms with Gasteiger partial charge in [0.05, 0.1) is 16.9 Å². The van der Waals surface area contributed by atoms with Crippen LogP contribution in [0.4, 0.5) is 5.69 Å². The van der Waals surface area contributed by atoms with Crippen molar-refractivity contribution >= 4 is 30.1 Å². The van der Waals surface area contributed by atoms with Crippen LogP contribution in [-0.4, -0.2) is 56.8 Å². The zero-order valence-corrected chi connectivity index (χ0v) is 16.3. The lowest BCUT2D eigenvalue weighted by Gasteiger charge is -2.29. The molecule has 1 aromatic carbocycles. The molecule has 1 aromatic rings. The Kier molecular flexibility index (Phi) is 7.68. The van der Waals surface area contributed by atoms with E-state index in [9.17, 15) is 29.8 Å². The van der Waals surface area contributed by atoms with Crippen molar-refractivity contribution in [1.82, 2.24) is 5.32 Å². The summed E-state index contributed by atoms with van der Waals surface area (Å²) in [6.45, 7) is 6.92. The molecule has 0 saturated heterocycles. The van der Waals surface area contributed by atoms with Crippen LogP contribution in [0.5, 0.6) is 0 Å². The predicted molar refractivity (Wildman–Crippen MR) is 101 cm³/mol. The van der Waals surface area contributed by atoms with E-state index in [2.05, 4.69) is 5.32 Å². The van der Waals surface area contributed by atoms with Gasteiger partial charge in [-0.3, -0.25) is 19.7 Å². The van der Waals surface area contributed by atoms with Crippen molar-refractivity contribution < 1.29 is 34.4 Å². The van der Waals surface area contributed by atoms with E-state index in [1.807, 2.05) is 0 Å². The van der Waals surface area contributed by atoms with Crippen LogP contribution in [0, 0.1) is 10.1 Å². The Morgan fingerprint density at radius 2 is 1.82 bits per heavy atom. The third-order valence-corrected chi connectivity index (χ3v) is 3.96. The van der Waals surface area contributed by atoms with Crippen LogP contribution in [0.3, 0.4) is 0 Å². The Morgan fingerprint density at radius 3 is 2.32 bits per heavy atom. The quantitative estimate of drug-likeness (QED) is 0.252. The summed E-state index contributed by atoms with van der Waals surface area (Å²) in [4.78, 5) is 33.6. The molecule has 0 heterocycles. The molecule has 0 spiro atoms. The molecule has 0 bridgehead atoms. The van der Waals surface area contributed by atoms with Gasteiger partial charge in [0, 0.05) is 29.8 Å². The number of carboxylic acid groups (broad SMARTS) is 1. The van der Waals surface area contributed by atoms with Crippen molar-refractivity contribution in [3.63, 3.8) is 0 Å². The molecule has 0 saturated carbocycles. The highest BCUT2D eigenvalue weighted by molar-refractivity contribution is 6.58. The van der Waals surface area contributed by atoms with Crippen LogP contribution in [0.25, 0.3) is 0 Å². The van der Waals surface area contributed by atoms with Crippen molar-refractivity contribution in [2.24, 2.45) is 0 Å². The zero-order valence-electron chi connectivity index (χ0n) is 16.3. The number of nitrogens with one attached hydrogen (secondary N) is 1. The molecule has 0 fully saturated rings. The fraction of sp³-hybridized carbons (Fsp3) is 0.529. The number of carboxylic acids is 1. The lowest BCUT2D eigenvalue weighted by atomic mass is 9.79. The summed E-state index contributed by atoms with van der Waals surface area (Å²) in [6.07, 6.45) is 0.186. The number of hydrogen-bond donors (Lipinski definition) is 4. The van der Waals surface area contributed by atoms with Crippen molar-refractivity contribution in [2.45, 2.75) is 51.7 Å². The van der Waals surface area contributed by atoms with E-state index in [0.717, 1.165) is 18.2 Å². The SMILES string of the molecule is CC(C)(CCOC(C)(C)CC(=O)O)NC(=O)c1cc(B(O)O)cc([N+](=O)[O-])c1. The first-order valence-corrected chi connectivity index (χ1v) is 8.56. The number of aliphatic carboxylic acids is 1. The van der Waals surface area contributed by atoms with E-state index in [0.29, 0.717) is 6.42 Å². The maximum absolute atomic E-state index is 12.5. The number of rotatable bonds is 10. The van der Waals surface area contributed by atoms with E-state index >= 15 is 0 Å². The lowest BCUT2D eigenvalue weighted by Crippen LogP contribution is -2.45. The number of hydrogen-bond acceptors (Lipinski definition) is 7. The van der Waals surface area contributed by atoms with Crippen LogP contribution >= 0.6 is 0 Å². The first-order chi connectivity index (χ1) is 12.7. The molecule has 0 unspecified atom stereocenters. The van der Waals surface area contributed by atoms with Crippen molar-refractivity contribution in [3.8, 4) is 0 Å². The summed E-state index contributed by atoms with van der Waals surface area (Å²) in [7, 11) is -1.95. The molecule has 4 N–H and O–H groups in total. The summed E-state index contributed by atoms with van der Waals surface area (Å²) >= 11 is 0. The first kappa shape index (κ1) is 23.5. The van der Waals surface area contributed by atoms with Gasteiger partial charge in [0.25, 0.3) is 11.6 Å². The van der Waals surface area contributed by atoms with Gasteiger partial charge in [0.2, 0.25) is 0 Å². The molecule has 0 aromatic heterocycles. The van der Waals surface area contributed by atoms with Gasteiger partial charge in [-0.2, -0.15) is 0 Å². The van der Waals surface area contributed by atoms with E-state index in [1.54, 1.807) is 27.7 Å². The number of benzene rings is 1. The van der Waals surface area contributed by atoms with E-state index in [4.69, 9.17) is 9.84 Å². The largest absolute Gasteiger partial charge is 0.488 e. The minimum atomic E-state index is -1.95. The fourth-order valence-electron chi connectivity index (χ4n) is 2.46. The summed E-state index contributed by atoms with van der Waals surface area (Å²) in [5, 5.41) is 41.1. The molecule has 1 amide bonds. The van der Waals surface area contributed by atoms with Gasteiger partial charge >= 0.3 is 13.1 Å². The van der Waals surface area contributed by atoms with Crippen molar-refractivity contribution in [3.05, 3.63) is 33.9 Å². The van der Waals surface area contributed by atoms with Crippen LogP contribution in [0.1, 0.15) is 50.9 Å². The van der Waals surface area contributed by atoms with Gasteiger partial charge in [-0.1, -0.05) is 0 Å². The normalized spacial score (nSPS) is 11.8. The molecule has 0 atom stereocenters. The highest BCUT2D eigenvalue weighted by atomic mass is 16.6. The number of nitro benzene ring substituents is 1. The van der Waals surface area contributed by atoms with Crippen molar-refractivity contribution in [1.29, 1.82) is 0 Å². The number of nitrogens with zero attached hydrogens (tertiary/aromatic N) is 1. The predicted octanol–water partition coefficient (Wildman–Crippen LogP) is 0.443. The summed E-state index contributed by atoms with van der Waals surface area (Å²) in [5.41, 5.74) is -2.32. The second kappa shape index (κ2) is 9.13. The van der Waals surface area contributed by atoms with Gasteiger partial charge in [-0.05, 0) is 45.6 Å². The van der Waals surface area contributed by atoms with Crippen LogP contribution in [0.15, 0.2) is 18.2 Å². The Bertz CT molecular complexity index is 749. The molecule has 1 rings (SSSR count). The van der Waals surface area contributed by atoms with Gasteiger partial charge in [0.1, 0.15) is 0 Å². The molecule has 0 aliphatic rings. The lowest BCUT2D eigenvalue weighted by molar-refractivity contribution is -0.384. The molecule has 11 heteroatoms. The van der Waals surface area contributed by atoms with Crippen LogP contribution in [-0.2, 0) is 9.53 Å². The molecule has 10 nitrogen and oxygen atoms in total. The molecule has 28 heavy (non-hydrogen) atoms. The summed E-state index contributed by atoms with van der Waals surface area (Å²) < 4.78 is 5.58. The second-order valence-corrected chi connectivity index (χ2v) is 7.71. The van der Waals surface area contributed by atoms with E-state index in [-0.39, 0.29) is 24.1 Å². The average molecular weight is 396 g/mol. The second-order valence-electron chi connectivity index (χ2n) is 7.71. The fourth-order valence-corrected chi connectivity index (χ4v) is 2.46. The molecule has 0 radical (unpaired) electrons. The number of carbonyl (C=O) groups excluding carboxylic acids is 1. The maximum atomic E-state index is 12.5. The first-order valence-electron chi connectivity index (χ1n) is 8.56. The minimum Gasteiger partial charge on any atom is -0.481 e. The maximum Gasteiger partial charge on any atom is 0.488 e. The number of amides is 1. The smallest absolute Gasteiger partial charge is 0.481 e. The number of non-ortho nitro benzene ring substituents is 1. The Morgan fingerprint density at radius 1 is 1.21 bits per heavy atom. The number of ether oxygens (including phenoxy) is 1. The topological polar surface area (TPSA) is 159 Å². The summed E-state index contributed by atoms with van der Waals surface area (Å²) in [6, 6.07) is 3.18. The number of carbonyl (C=O) groups is 2. The Labute approximate surface area is 162 Å². The van der Waals surface area contributed by atoms with E-state index < -0.39 is 40.7 Å². The standard InChI is InChI=1S/C17H25BN2O8/c1-16(2,5-6-28-17(3,4)10-14(21)22)19-15(23)11-7-12(18(24)25)9-13(8-11)20(26)27/h7-9,24-25H,5-6,10H2,1-4H3,(H,19,23)(H,21,22). The van der Waals surface area contributed by atoms with E-state index in [1.165, 1.54) is 0 Å². The van der Waals surface area contributed by atoms with Gasteiger partial charge in [-0.15, -0.1) is 0 Å². The summed E-state index contributed by atoms with van der Waals surface area (Å²) in [5.74, 6) is -1.61. The highest BCUT2D eigenvalue weighted by Crippen LogP contribution is 2.18. The molecular weight excluding hydrogens is 371 g/mol. The minimum absolute atomic E-state index is 0.0856.